The summed E-state index contributed by atoms with van der Waals surface area (Å²) in [6.45, 7) is 6.83. The fourth-order valence-corrected chi connectivity index (χ4v) is 5.72. The highest BCUT2D eigenvalue weighted by Gasteiger charge is 2.46. The topological polar surface area (TPSA) is 110 Å². The molecule has 9 heteroatoms. The van der Waals surface area contributed by atoms with Gasteiger partial charge in [0.05, 0.1) is 6.61 Å². The molecule has 0 spiro atoms. The molecule has 2 heterocycles. The molecule has 2 atom stereocenters. The van der Waals surface area contributed by atoms with E-state index in [0.717, 1.165) is 30.2 Å². The van der Waals surface area contributed by atoms with Crippen LogP contribution in [0.3, 0.4) is 0 Å². The fourth-order valence-electron chi connectivity index (χ4n) is 5.72. The van der Waals surface area contributed by atoms with Crippen molar-refractivity contribution >= 4 is 34.6 Å². The molecule has 2 N–H and O–H groups in total. The summed E-state index contributed by atoms with van der Waals surface area (Å²) in [7, 11) is 1.60. The first-order valence-electron chi connectivity index (χ1n) is 13.8. The van der Waals surface area contributed by atoms with Crippen molar-refractivity contribution in [1.82, 2.24) is 9.88 Å². The number of aromatic amines is 1. The lowest BCUT2D eigenvalue weighted by Crippen LogP contribution is -2.49. The van der Waals surface area contributed by atoms with E-state index in [9.17, 15) is 14.4 Å². The van der Waals surface area contributed by atoms with Crippen LogP contribution >= 0.6 is 0 Å². The molecule has 1 saturated carbocycles. The van der Waals surface area contributed by atoms with E-state index in [4.69, 9.17) is 14.2 Å². The monoisotopic (exact) mass is 527 g/mol. The van der Waals surface area contributed by atoms with E-state index in [2.05, 4.69) is 10.3 Å². The zero-order valence-electron chi connectivity index (χ0n) is 23.0. The third-order valence-electron chi connectivity index (χ3n) is 7.43. The number of likely N-dealkylation sites (tertiary alicyclic amines) is 1. The zero-order valence-corrected chi connectivity index (χ0v) is 23.0. The second-order valence-corrected chi connectivity index (χ2v) is 11.4. The van der Waals surface area contributed by atoms with E-state index in [0.29, 0.717) is 36.9 Å². The number of H-pyrrole nitrogens is 1. The van der Waals surface area contributed by atoms with Crippen LogP contribution in [0, 0.1) is 11.8 Å². The van der Waals surface area contributed by atoms with E-state index < -0.39 is 23.7 Å². The summed E-state index contributed by atoms with van der Waals surface area (Å²) in [6.07, 6.45) is 6.75. The number of fused-ring (bicyclic) bond motifs is 1. The van der Waals surface area contributed by atoms with E-state index in [-0.39, 0.29) is 18.4 Å². The van der Waals surface area contributed by atoms with Gasteiger partial charge >= 0.3 is 12.1 Å². The predicted octanol–water partition coefficient (Wildman–Crippen LogP) is 5.51. The van der Waals surface area contributed by atoms with Gasteiger partial charge in [0.1, 0.15) is 17.3 Å². The number of nitrogens with one attached hydrogen (secondary N) is 2. The molecular formula is C29H41N3O6. The lowest BCUT2D eigenvalue weighted by molar-refractivity contribution is -0.122. The average Bonchev–Trinajstić information content (AvgIpc) is 3.51. The van der Waals surface area contributed by atoms with Gasteiger partial charge in [-0.3, -0.25) is 9.69 Å². The van der Waals surface area contributed by atoms with Crippen LogP contribution in [0.2, 0.25) is 0 Å². The molecular weight excluding hydrogens is 486 g/mol. The highest BCUT2D eigenvalue weighted by Crippen LogP contribution is 2.40. The van der Waals surface area contributed by atoms with Crippen LogP contribution in [0.15, 0.2) is 24.3 Å². The maximum absolute atomic E-state index is 13.7. The smallest absolute Gasteiger partial charge is 0.410 e. The van der Waals surface area contributed by atoms with Crippen molar-refractivity contribution in [3.8, 4) is 0 Å². The quantitative estimate of drug-likeness (QED) is 0.346. The Morgan fingerprint density at radius 3 is 2.53 bits per heavy atom. The second-order valence-electron chi connectivity index (χ2n) is 11.4. The van der Waals surface area contributed by atoms with Crippen LogP contribution in [-0.2, 0) is 19.0 Å². The molecule has 0 unspecified atom stereocenters. The molecule has 1 aliphatic carbocycles. The van der Waals surface area contributed by atoms with Crippen molar-refractivity contribution in [2.24, 2.45) is 11.8 Å². The Labute approximate surface area is 224 Å². The molecule has 1 aromatic heterocycles. The molecule has 2 aliphatic rings. The number of amides is 2. The second kappa shape index (κ2) is 12.2. The minimum Gasteiger partial charge on any atom is -0.461 e. The summed E-state index contributed by atoms with van der Waals surface area (Å²) in [6, 6.07) is 6.59. The van der Waals surface area contributed by atoms with Gasteiger partial charge in [0.2, 0.25) is 5.91 Å². The number of nitrogens with zero attached hydrogens (tertiary/aromatic N) is 1. The number of esters is 1. The number of aromatic nitrogens is 1. The number of ether oxygens (including phenoxy) is 3. The Bertz CT molecular complexity index is 1130. The summed E-state index contributed by atoms with van der Waals surface area (Å²) in [5, 5.41) is 3.83. The van der Waals surface area contributed by atoms with E-state index in [1.165, 1.54) is 19.3 Å². The Balaban J connectivity index is 1.49. The maximum Gasteiger partial charge on any atom is 0.410 e. The van der Waals surface area contributed by atoms with E-state index >= 15 is 0 Å². The third kappa shape index (κ3) is 6.87. The highest BCUT2D eigenvalue weighted by atomic mass is 16.6. The third-order valence-corrected chi connectivity index (χ3v) is 7.43. The van der Waals surface area contributed by atoms with Gasteiger partial charge in [-0.1, -0.05) is 32.1 Å². The van der Waals surface area contributed by atoms with Gasteiger partial charge in [-0.2, -0.15) is 0 Å². The van der Waals surface area contributed by atoms with Crippen LogP contribution in [-0.4, -0.2) is 66.4 Å². The van der Waals surface area contributed by atoms with E-state index in [1.54, 1.807) is 24.1 Å². The van der Waals surface area contributed by atoms with Gasteiger partial charge in [0, 0.05) is 43.3 Å². The minimum atomic E-state index is -0.636. The summed E-state index contributed by atoms with van der Waals surface area (Å²) in [4.78, 5) is 43.9. The van der Waals surface area contributed by atoms with E-state index in [1.807, 2.05) is 32.9 Å². The normalized spacial score (nSPS) is 20.5. The molecule has 0 bridgehead atoms. The molecule has 1 aromatic carbocycles. The average molecular weight is 528 g/mol. The van der Waals surface area contributed by atoms with Gasteiger partial charge in [-0.15, -0.1) is 0 Å². The van der Waals surface area contributed by atoms with Gasteiger partial charge in [0.15, 0.2) is 0 Å². The minimum absolute atomic E-state index is 0.110. The Morgan fingerprint density at radius 2 is 1.82 bits per heavy atom. The first kappa shape index (κ1) is 28.0. The van der Waals surface area contributed by atoms with Gasteiger partial charge < -0.3 is 24.5 Å². The van der Waals surface area contributed by atoms with Gasteiger partial charge in [0.25, 0.3) is 0 Å². The highest BCUT2D eigenvalue weighted by molar-refractivity contribution is 6.00. The SMILES string of the molecule is COCCCOC(=O)c1cc2cc(NC(=O)[C@H]3[C@H](C4CCCCC4)CCN3C(=O)OC(C)(C)C)ccc2[nH]1. The molecule has 1 saturated heterocycles. The largest absolute Gasteiger partial charge is 0.461 e. The van der Waals surface area contributed by atoms with Gasteiger partial charge in [-0.05, 0) is 63.3 Å². The first-order valence-corrected chi connectivity index (χ1v) is 13.8. The van der Waals surface area contributed by atoms with Crippen molar-refractivity contribution in [2.45, 2.75) is 77.4 Å². The van der Waals surface area contributed by atoms with Crippen LogP contribution in [0.4, 0.5) is 10.5 Å². The number of rotatable bonds is 8. The summed E-state index contributed by atoms with van der Waals surface area (Å²) in [5.41, 5.74) is 1.09. The molecule has 1 aliphatic heterocycles. The number of carbonyl (C=O) groups excluding carboxylic acids is 3. The fraction of sp³-hybridized carbons (Fsp3) is 0.621. The number of hydrogen-bond acceptors (Lipinski definition) is 6. The number of carbonyl (C=O) groups is 3. The molecule has 4 rings (SSSR count). The van der Waals surface area contributed by atoms with Crippen molar-refractivity contribution in [3.05, 3.63) is 30.0 Å². The maximum atomic E-state index is 13.7. The van der Waals surface area contributed by atoms with Crippen molar-refractivity contribution in [1.29, 1.82) is 0 Å². The van der Waals surface area contributed by atoms with Gasteiger partial charge in [-0.25, -0.2) is 9.59 Å². The molecule has 9 nitrogen and oxygen atoms in total. The standard InChI is InChI=1S/C29H41N3O6/c1-29(2,3)38-28(35)32-14-13-22(19-9-6-5-7-10-19)25(32)26(33)30-21-11-12-23-20(17-21)18-24(31-23)27(34)37-16-8-15-36-4/h11-12,17-19,22,25,31H,5-10,13-16H2,1-4H3,(H,30,33)/t22-,25+/m0/s1. The first-order chi connectivity index (χ1) is 18.2. The van der Waals surface area contributed by atoms with Crippen LogP contribution < -0.4 is 5.32 Å². The van der Waals surface area contributed by atoms with Crippen LogP contribution in [0.5, 0.6) is 0 Å². The molecule has 2 aromatic rings. The van der Waals surface area contributed by atoms with Crippen molar-refractivity contribution in [2.75, 3.05) is 32.2 Å². The molecule has 0 radical (unpaired) electrons. The Kier molecular flexibility index (Phi) is 8.97. The van der Waals surface area contributed by atoms with Crippen molar-refractivity contribution in [3.63, 3.8) is 0 Å². The molecule has 208 valence electrons. The van der Waals surface area contributed by atoms with Crippen LogP contribution in [0.1, 0.15) is 76.2 Å². The zero-order chi connectivity index (χ0) is 27.3. The summed E-state index contributed by atoms with van der Waals surface area (Å²) in [5.74, 6) is -0.0939. The molecule has 38 heavy (non-hydrogen) atoms. The molecule has 2 amide bonds. The number of anilines is 1. The number of methoxy groups -OCH3 is 1. The number of benzene rings is 1. The van der Waals surface area contributed by atoms with Crippen LogP contribution in [0.25, 0.3) is 10.9 Å². The Hall–Kier alpha value is -3.07. The lowest BCUT2D eigenvalue weighted by Gasteiger charge is -2.34. The summed E-state index contributed by atoms with van der Waals surface area (Å²) < 4.78 is 15.9. The summed E-state index contributed by atoms with van der Waals surface area (Å²) >= 11 is 0. The lowest BCUT2D eigenvalue weighted by atomic mass is 9.76. The van der Waals surface area contributed by atoms with Crippen molar-refractivity contribution < 1.29 is 28.6 Å². The Morgan fingerprint density at radius 1 is 1.05 bits per heavy atom. The molecule has 2 fully saturated rings. The predicted molar refractivity (Wildman–Crippen MR) is 145 cm³/mol. The number of hydrogen-bond donors (Lipinski definition) is 2.